The van der Waals surface area contributed by atoms with E-state index in [0.29, 0.717) is 17.3 Å². The van der Waals surface area contributed by atoms with Crippen LogP contribution >= 0.6 is 12.4 Å². The highest BCUT2D eigenvalue weighted by atomic mass is 35.5. The van der Waals surface area contributed by atoms with Crippen LogP contribution in [0.25, 0.3) is 5.69 Å². The first-order valence-electron chi connectivity index (χ1n) is 8.45. The van der Waals surface area contributed by atoms with Gasteiger partial charge < -0.3 is 15.4 Å². The zero-order valence-electron chi connectivity index (χ0n) is 15.0. The first-order valence-corrected chi connectivity index (χ1v) is 8.45. The van der Waals surface area contributed by atoms with Crippen LogP contribution in [0.4, 0.5) is 8.78 Å². The monoisotopic (exact) mass is 401 g/mol. The summed E-state index contributed by atoms with van der Waals surface area (Å²) >= 11 is 0. The van der Waals surface area contributed by atoms with Gasteiger partial charge in [0.15, 0.2) is 5.69 Å². The van der Waals surface area contributed by atoms with E-state index in [1.165, 1.54) is 16.8 Å². The number of halogens is 3. The fourth-order valence-corrected chi connectivity index (χ4v) is 2.97. The van der Waals surface area contributed by atoms with Gasteiger partial charge in [0.25, 0.3) is 5.91 Å². The lowest BCUT2D eigenvalue weighted by molar-refractivity contribution is -0.0498. The van der Waals surface area contributed by atoms with Crippen LogP contribution in [0.2, 0.25) is 0 Å². The van der Waals surface area contributed by atoms with E-state index in [1.54, 1.807) is 19.1 Å². The van der Waals surface area contributed by atoms with Crippen molar-refractivity contribution in [3.63, 3.8) is 0 Å². The molecule has 2 heterocycles. The Bertz CT molecular complexity index is 769. The third-order valence-electron chi connectivity index (χ3n) is 4.56. The number of amides is 1. The van der Waals surface area contributed by atoms with Crippen molar-refractivity contribution >= 4 is 18.3 Å². The topological polar surface area (TPSA) is 81.1 Å². The summed E-state index contributed by atoms with van der Waals surface area (Å²) in [6.45, 7) is 2.65. The molecular formula is C17H22ClF2N5O2. The van der Waals surface area contributed by atoms with Crippen molar-refractivity contribution in [2.45, 2.75) is 32.9 Å². The highest BCUT2D eigenvalue weighted by Crippen LogP contribution is 2.19. The van der Waals surface area contributed by atoms with Crippen molar-refractivity contribution in [2.24, 2.45) is 5.92 Å². The minimum atomic E-state index is -2.87. The molecule has 1 aromatic heterocycles. The summed E-state index contributed by atoms with van der Waals surface area (Å²) in [7, 11) is 0. The standard InChI is InChI=1S/C17H21F2N5O2.ClH/c1-10-7-8-20-9-14(10)21-16(25)15-11(2)24(23-22-15)12-3-5-13(6-4-12)26-17(18)19;/h3-6,10,14,17,20H,7-9H2,1-2H3,(H,21,25);1H. The number of alkyl halides is 2. The molecule has 1 aliphatic heterocycles. The zero-order valence-corrected chi connectivity index (χ0v) is 15.8. The predicted molar refractivity (Wildman–Crippen MR) is 97.9 cm³/mol. The maximum Gasteiger partial charge on any atom is 0.387 e. The van der Waals surface area contributed by atoms with E-state index in [2.05, 4.69) is 32.6 Å². The Morgan fingerprint density at radius 1 is 1.37 bits per heavy atom. The van der Waals surface area contributed by atoms with Gasteiger partial charge in [0.2, 0.25) is 0 Å². The lowest BCUT2D eigenvalue weighted by Gasteiger charge is -2.29. The molecule has 2 unspecified atom stereocenters. The quantitative estimate of drug-likeness (QED) is 0.803. The number of piperidine rings is 1. The molecule has 1 aromatic carbocycles. The molecule has 0 spiro atoms. The third kappa shape index (κ3) is 4.92. The number of nitrogens with zero attached hydrogens (tertiary/aromatic N) is 3. The van der Waals surface area contributed by atoms with Crippen molar-refractivity contribution < 1.29 is 18.3 Å². The first-order chi connectivity index (χ1) is 12.5. The molecule has 3 rings (SSSR count). The molecule has 1 saturated heterocycles. The lowest BCUT2D eigenvalue weighted by atomic mass is 9.95. The van der Waals surface area contributed by atoms with Crippen molar-refractivity contribution in [1.82, 2.24) is 25.6 Å². The summed E-state index contributed by atoms with van der Waals surface area (Å²) in [4.78, 5) is 12.5. The average molecular weight is 402 g/mol. The fraction of sp³-hybridized carbons (Fsp3) is 0.471. The Labute approximate surface area is 161 Å². The second-order valence-electron chi connectivity index (χ2n) is 6.36. The fourth-order valence-electron chi connectivity index (χ4n) is 2.97. The summed E-state index contributed by atoms with van der Waals surface area (Å²) in [5, 5.41) is 14.3. The molecule has 2 aromatic rings. The molecule has 0 aliphatic carbocycles. The first kappa shape index (κ1) is 21.0. The van der Waals surface area contributed by atoms with E-state index >= 15 is 0 Å². The summed E-state index contributed by atoms with van der Waals surface area (Å²) in [5.41, 5.74) is 1.42. The Balaban J connectivity index is 0.00000261. The van der Waals surface area contributed by atoms with Gasteiger partial charge >= 0.3 is 6.61 Å². The van der Waals surface area contributed by atoms with E-state index in [4.69, 9.17) is 0 Å². The van der Waals surface area contributed by atoms with Crippen molar-refractivity contribution in [2.75, 3.05) is 13.1 Å². The lowest BCUT2D eigenvalue weighted by Crippen LogP contribution is -2.50. The van der Waals surface area contributed by atoms with Crippen LogP contribution in [0, 0.1) is 12.8 Å². The summed E-state index contributed by atoms with van der Waals surface area (Å²) < 4.78 is 30.3. The number of hydrogen-bond donors (Lipinski definition) is 2. The van der Waals surface area contributed by atoms with Crippen LogP contribution in [-0.4, -0.2) is 46.6 Å². The molecule has 1 aliphatic rings. The highest BCUT2D eigenvalue weighted by molar-refractivity contribution is 5.93. The van der Waals surface area contributed by atoms with Gasteiger partial charge in [-0.1, -0.05) is 12.1 Å². The second-order valence-corrected chi connectivity index (χ2v) is 6.36. The van der Waals surface area contributed by atoms with E-state index in [-0.39, 0.29) is 35.8 Å². The minimum Gasteiger partial charge on any atom is -0.435 e. The normalized spacial score (nSPS) is 19.4. The number of rotatable bonds is 5. The number of carbonyl (C=O) groups excluding carboxylic acids is 1. The van der Waals surface area contributed by atoms with Gasteiger partial charge in [0.05, 0.1) is 11.4 Å². The Hall–Kier alpha value is -2.26. The molecule has 10 heteroatoms. The molecule has 0 saturated carbocycles. The third-order valence-corrected chi connectivity index (χ3v) is 4.56. The summed E-state index contributed by atoms with van der Waals surface area (Å²) in [6, 6.07) is 6.03. The Morgan fingerprint density at radius 2 is 2.07 bits per heavy atom. The van der Waals surface area contributed by atoms with E-state index in [9.17, 15) is 13.6 Å². The van der Waals surface area contributed by atoms with Crippen molar-refractivity contribution in [3.05, 3.63) is 35.7 Å². The van der Waals surface area contributed by atoms with Gasteiger partial charge in [-0.05, 0) is 50.1 Å². The van der Waals surface area contributed by atoms with Crippen molar-refractivity contribution in [1.29, 1.82) is 0 Å². The van der Waals surface area contributed by atoms with Gasteiger partial charge in [-0.2, -0.15) is 8.78 Å². The maximum atomic E-state index is 12.5. The molecule has 0 bridgehead atoms. The molecule has 2 atom stereocenters. The number of ether oxygens (including phenoxy) is 1. The van der Waals surface area contributed by atoms with E-state index < -0.39 is 6.61 Å². The van der Waals surface area contributed by atoms with Crippen LogP contribution in [0.3, 0.4) is 0 Å². The molecule has 0 radical (unpaired) electrons. The molecule has 2 N–H and O–H groups in total. The van der Waals surface area contributed by atoms with Crippen LogP contribution < -0.4 is 15.4 Å². The van der Waals surface area contributed by atoms with Crippen molar-refractivity contribution in [3.8, 4) is 11.4 Å². The van der Waals surface area contributed by atoms with E-state index in [1.807, 2.05) is 0 Å². The molecule has 7 nitrogen and oxygen atoms in total. The maximum absolute atomic E-state index is 12.5. The molecule has 1 fully saturated rings. The van der Waals surface area contributed by atoms with Gasteiger partial charge in [-0.15, -0.1) is 17.5 Å². The molecular weight excluding hydrogens is 380 g/mol. The molecule has 148 valence electrons. The largest absolute Gasteiger partial charge is 0.435 e. The Kier molecular flexibility index (Phi) is 7.09. The average Bonchev–Trinajstić information content (AvgIpc) is 2.99. The van der Waals surface area contributed by atoms with Gasteiger partial charge in [-0.25, -0.2) is 4.68 Å². The minimum absolute atomic E-state index is 0. The van der Waals surface area contributed by atoms with Gasteiger partial charge in [0, 0.05) is 12.6 Å². The SMILES string of the molecule is Cc1c(C(=O)NC2CNCCC2C)nnn1-c1ccc(OC(F)F)cc1.Cl. The number of hydrogen-bond acceptors (Lipinski definition) is 5. The molecule has 27 heavy (non-hydrogen) atoms. The van der Waals surface area contributed by atoms with Gasteiger partial charge in [0.1, 0.15) is 5.75 Å². The van der Waals surface area contributed by atoms with Crippen LogP contribution in [0.5, 0.6) is 5.75 Å². The summed E-state index contributed by atoms with van der Waals surface area (Å²) in [5.74, 6) is 0.170. The number of nitrogens with one attached hydrogen (secondary N) is 2. The van der Waals surface area contributed by atoms with Crippen LogP contribution in [0.15, 0.2) is 24.3 Å². The highest BCUT2D eigenvalue weighted by Gasteiger charge is 2.25. The number of benzene rings is 1. The van der Waals surface area contributed by atoms with Gasteiger partial charge in [-0.3, -0.25) is 4.79 Å². The zero-order chi connectivity index (χ0) is 18.7. The Morgan fingerprint density at radius 3 is 2.70 bits per heavy atom. The number of aromatic nitrogens is 3. The van der Waals surface area contributed by atoms with E-state index in [0.717, 1.165) is 19.5 Å². The molecule has 1 amide bonds. The van der Waals surface area contributed by atoms with Crippen LogP contribution in [0.1, 0.15) is 29.5 Å². The predicted octanol–water partition coefficient (Wildman–Crippen LogP) is 2.33. The smallest absolute Gasteiger partial charge is 0.387 e. The van der Waals surface area contributed by atoms with Crippen LogP contribution in [-0.2, 0) is 0 Å². The second kappa shape index (κ2) is 9.09. The summed E-state index contributed by atoms with van der Waals surface area (Å²) in [6.07, 6.45) is 1.00. The number of carbonyl (C=O) groups is 1.